The van der Waals surface area contributed by atoms with E-state index in [1.807, 2.05) is 37.3 Å². The van der Waals surface area contributed by atoms with Gasteiger partial charge in [0, 0.05) is 25.6 Å². The molecule has 6 nitrogen and oxygen atoms in total. The van der Waals surface area contributed by atoms with Crippen molar-refractivity contribution in [2.45, 2.75) is 46.7 Å². The van der Waals surface area contributed by atoms with Gasteiger partial charge < -0.3 is 19.5 Å². The zero-order valence-electron chi connectivity index (χ0n) is 22.0. The van der Waals surface area contributed by atoms with Gasteiger partial charge in [-0.1, -0.05) is 48.0 Å². The number of hydrogen-bond donors (Lipinski definition) is 1. The second-order valence-electron chi connectivity index (χ2n) is 9.97. The molecule has 1 N–H and O–H groups in total. The molecule has 0 spiro atoms. The van der Waals surface area contributed by atoms with Crippen LogP contribution in [0.15, 0.2) is 66.7 Å². The van der Waals surface area contributed by atoms with E-state index in [0.717, 1.165) is 60.8 Å². The van der Waals surface area contributed by atoms with Crippen LogP contribution < -0.4 is 15.0 Å². The van der Waals surface area contributed by atoms with Crippen LogP contribution in [0.2, 0.25) is 0 Å². The predicted molar refractivity (Wildman–Crippen MR) is 149 cm³/mol. The van der Waals surface area contributed by atoms with E-state index in [-0.39, 0.29) is 11.8 Å². The third-order valence-corrected chi connectivity index (χ3v) is 7.32. The first-order valence-corrected chi connectivity index (χ1v) is 13.3. The molecule has 0 radical (unpaired) electrons. The number of aryl methyl sites for hydroxylation is 2. The number of ether oxygens (including phenoxy) is 1. The smallest absolute Gasteiger partial charge is 0.223 e. The Morgan fingerprint density at radius 2 is 1.78 bits per heavy atom. The summed E-state index contributed by atoms with van der Waals surface area (Å²) in [6, 6.07) is 22.9. The van der Waals surface area contributed by atoms with Crippen molar-refractivity contribution in [3.05, 3.63) is 89.0 Å². The molecule has 1 aromatic heterocycles. The van der Waals surface area contributed by atoms with E-state index < -0.39 is 0 Å². The molecule has 0 saturated carbocycles. The van der Waals surface area contributed by atoms with Crippen molar-refractivity contribution in [2.75, 3.05) is 24.6 Å². The number of piperidine rings is 1. The zero-order valence-corrected chi connectivity index (χ0v) is 22.0. The van der Waals surface area contributed by atoms with Gasteiger partial charge in [-0.3, -0.25) is 4.79 Å². The Hall–Kier alpha value is -3.80. The van der Waals surface area contributed by atoms with Gasteiger partial charge in [0.25, 0.3) is 0 Å². The highest BCUT2D eigenvalue weighted by atomic mass is 16.5. The SMILES string of the molecule is CCOc1ccc(CNC(=O)C2CCN(c3nc4ccccc4n3Cc3cc(C)ccc3C)CC2)cc1. The number of imidazole rings is 1. The Labute approximate surface area is 219 Å². The summed E-state index contributed by atoms with van der Waals surface area (Å²) >= 11 is 0. The van der Waals surface area contributed by atoms with E-state index in [2.05, 4.69) is 65.0 Å². The molecule has 2 heterocycles. The number of rotatable bonds is 8. The third-order valence-electron chi connectivity index (χ3n) is 7.32. The first kappa shape index (κ1) is 24.9. The van der Waals surface area contributed by atoms with Crippen LogP contribution in [0.25, 0.3) is 11.0 Å². The lowest BCUT2D eigenvalue weighted by atomic mass is 9.96. The topological polar surface area (TPSA) is 59.4 Å². The lowest BCUT2D eigenvalue weighted by Gasteiger charge is -2.32. The Morgan fingerprint density at radius 1 is 1.03 bits per heavy atom. The van der Waals surface area contributed by atoms with Crippen molar-refractivity contribution in [3.63, 3.8) is 0 Å². The summed E-state index contributed by atoms with van der Waals surface area (Å²) in [7, 11) is 0. The Morgan fingerprint density at radius 3 is 2.54 bits per heavy atom. The van der Waals surface area contributed by atoms with Crippen molar-refractivity contribution in [1.29, 1.82) is 0 Å². The van der Waals surface area contributed by atoms with E-state index in [4.69, 9.17) is 9.72 Å². The summed E-state index contributed by atoms with van der Waals surface area (Å²) < 4.78 is 7.84. The molecule has 5 rings (SSSR count). The average Bonchev–Trinajstić information content (AvgIpc) is 3.29. The molecular weight excluding hydrogens is 460 g/mol. The zero-order chi connectivity index (χ0) is 25.8. The molecule has 1 saturated heterocycles. The molecule has 1 fully saturated rings. The van der Waals surface area contributed by atoms with Gasteiger partial charge in [0.05, 0.1) is 24.2 Å². The van der Waals surface area contributed by atoms with Crippen molar-refractivity contribution in [1.82, 2.24) is 14.9 Å². The maximum absolute atomic E-state index is 12.9. The highest BCUT2D eigenvalue weighted by molar-refractivity contribution is 5.80. The van der Waals surface area contributed by atoms with E-state index >= 15 is 0 Å². The van der Waals surface area contributed by atoms with Crippen LogP contribution >= 0.6 is 0 Å². The first-order chi connectivity index (χ1) is 18.0. The van der Waals surface area contributed by atoms with Crippen LogP contribution in [-0.2, 0) is 17.9 Å². The van der Waals surface area contributed by atoms with Gasteiger partial charge in [-0.2, -0.15) is 0 Å². The number of nitrogens with one attached hydrogen (secondary N) is 1. The normalized spacial score (nSPS) is 14.2. The Balaban J connectivity index is 1.25. The molecule has 1 aliphatic heterocycles. The summed E-state index contributed by atoms with van der Waals surface area (Å²) in [5, 5.41) is 3.13. The van der Waals surface area contributed by atoms with E-state index in [0.29, 0.717) is 13.2 Å². The van der Waals surface area contributed by atoms with Crippen molar-refractivity contribution in [2.24, 2.45) is 5.92 Å². The van der Waals surface area contributed by atoms with Crippen LogP contribution in [-0.4, -0.2) is 35.2 Å². The van der Waals surface area contributed by atoms with Crippen molar-refractivity contribution < 1.29 is 9.53 Å². The summed E-state index contributed by atoms with van der Waals surface area (Å²) in [6.45, 7) is 9.89. The molecule has 0 atom stereocenters. The molecule has 3 aromatic carbocycles. The van der Waals surface area contributed by atoms with Gasteiger partial charge in [-0.25, -0.2) is 4.98 Å². The Bertz CT molecular complexity index is 1370. The monoisotopic (exact) mass is 496 g/mol. The second kappa shape index (κ2) is 11.1. The number of carbonyl (C=O) groups is 1. The largest absolute Gasteiger partial charge is 0.494 e. The number of benzene rings is 3. The third kappa shape index (κ3) is 5.63. The number of aromatic nitrogens is 2. The number of para-hydroxylation sites is 2. The van der Waals surface area contributed by atoms with Crippen LogP contribution in [0.3, 0.4) is 0 Å². The minimum atomic E-state index is 0.0239. The van der Waals surface area contributed by atoms with Crippen LogP contribution in [0.5, 0.6) is 5.75 Å². The highest BCUT2D eigenvalue weighted by Crippen LogP contribution is 2.29. The molecule has 0 bridgehead atoms. The number of hydrogen-bond acceptors (Lipinski definition) is 4. The lowest BCUT2D eigenvalue weighted by Crippen LogP contribution is -2.41. The van der Waals surface area contributed by atoms with E-state index in [9.17, 15) is 4.79 Å². The number of nitrogens with zero attached hydrogens (tertiary/aromatic N) is 3. The van der Waals surface area contributed by atoms with Gasteiger partial charge >= 0.3 is 0 Å². The van der Waals surface area contributed by atoms with Gasteiger partial charge in [-0.05, 0) is 74.6 Å². The van der Waals surface area contributed by atoms with E-state index in [1.165, 1.54) is 16.7 Å². The summed E-state index contributed by atoms with van der Waals surface area (Å²) in [6.07, 6.45) is 1.64. The van der Waals surface area contributed by atoms with Crippen LogP contribution in [0.4, 0.5) is 5.95 Å². The van der Waals surface area contributed by atoms with Gasteiger partial charge in [0.15, 0.2) is 0 Å². The maximum Gasteiger partial charge on any atom is 0.223 e. The van der Waals surface area contributed by atoms with Crippen LogP contribution in [0, 0.1) is 19.8 Å². The summed E-state index contributed by atoms with van der Waals surface area (Å²) in [4.78, 5) is 20.3. The Kier molecular flexibility index (Phi) is 7.45. The molecule has 1 aliphatic rings. The molecule has 192 valence electrons. The molecule has 6 heteroatoms. The second-order valence-corrected chi connectivity index (χ2v) is 9.97. The lowest BCUT2D eigenvalue weighted by molar-refractivity contribution is -0.125. The molecular formula is C31H36N4O2. The first-order valence-electron chi connectivity index (χ1n) is 13.3. The number of carbonyl (C=O) groups excluding carboxylic acids is 1. The molecule has 4 aromatic rings. The minimum absolute atomic E-state index is 0.0239. The van der Waals surface area contributed by atoms with E-state index in [1.54, 1.807) is 0 Å². The van der Waals surface area contributed by atoms with Crippen molar-refractivity contribution >= 4 is 22.9 Å². The highest BCUT2D eigenvalue weighted by Gasteiger charge is 2.27. The summed E-state index contributed by atoms with van der Waals surface area (Å²) in [5.41, 5.74) is 7.11. The molecule has 0 aliphatic carbocycles. The fraction of sp³-hybridized carbons (Fsp3) is 0.355. The number of anilines is 1. The number of fused-ring (bicyclic) bond motifs is 1. The quantitative estimate of drug-likeness (QED) is 0.343. The van der Waals surface area contributed by atoms with Crippen molar-refractivity contribution in [3.8, 4) is 5.75 Å². The summed E-state index contributed by atoms with van der Waals surface area (Å²) in [5.74, 6) is 2.01. The van der Waals surface area contributed by atoms with Gasteiger partial charge in [0.2, 0.25) is 11.9 Å². The predicted octanol–water partition coefficient (Wildman–Crippen LogP) is 5.63. The maximum atomic E-state index is 12.9. The molecule has 1 amide bonds. The fourth-order valence-corrected chi connectivity index (χ4v) is 5.15. The average molecular weight is 497 g/mol. The van der Waals surface area contributed by atoms with Gasteiger partial charge in [0.1, 0.15) is 5.75 Å². The molecule has 37 heavy (non-hydrogen) atoms. The number of amides is 1. The molecule has 0 unspecified atom stereocenters. The standard InChI is InChI=1S/C31H36N4O2/c1-4-37-27-13-11-24(12-14-27)20-32-30(36)25-15-17-34(18-16-25)31-33-28-7-5-6-8-29(28)35(31)21-26-19-22(2)9-10-23(26)3/h5-14,19,25H,4,15-18,20-21H2,1-3H3,(H,32,36). The van der Waals surface area contributed by atoms with Gasteiger partial charge in [-0.15, -0.1) is 0 Å². The van der Waals surface area contributed by atoms with Crippen LogP contribution in [0.1, 0.15) is 42.0 Å². The fourth-order valence-electron chi connectivity index (χ4n) is 5.15. The minimum Gasteiger partial charge on any atom is -0.494 e.